The first-order valence-electron chi connectivity index (χ1n) is 27.4. The highest BCUT2D eigenvalue weighted by atomic mass is 16.6. The number of hydrogen-bond acceptors (Lipinski definition) is 6. The summed E-state index contributed by atoms with van der Waals surface area (Å²) in [6, 6.07) is 0. The van der Waals surface area contributed by atoms with Crippen LogP contribution in [0.15, 0.2) is 72.9 Å². The van der Waals surface area contributed by atoms with Gasteiger partial charge < -0.3 is 14.2 Å². The van der Waals surface area contributed by atoms with Crippen molar-refractivity contribution < 1.29 is 28.6 Å². The number of allylic oxidation sites excluding steroid dienone is 12. The van der Waals surface area contributed by atoms with Gasteiger partial charge in [-0.05, 0) is 103 Å². The first kappa shape index (κ1) is 61.9. The first-order chi connectivity index (χ1) is 32.0. The normalized spacial score (nSPS) is 12.6. The summed E-state index contributed by atoms with van der Waals surface area (Å²) in [4.78, 5) is 38.1. The van der Waals surface area contributed by atoms with Crippen molar-refractivity contribution in [2.24, 2.45) is 0 Å². The third kappa shape index (κ3) is 51.7. The summed E-state index contributed by atoms with van der Waals surface area (Å²) in [5, 5.41) is 0. The quantitative estimate of drug-likeness (QED) is 0.0262. The van der Waals surface area contributed by atoms with Gasteiger partial charge in [-0.25, -0.2) is 0 Å². The number of esters is 3. The summed E-state index contributed by atoms with van der Waals surface area (Å²) in [5.41, 5.74) is 0. The second-order valence-electron chi connectivity index (χ2n) is 18.1. The lowest BCUT2D eigenvalue weighted by atomic mass is 10.1. The minimum atomic E-state index is -0.792. The van der Waals surface area contributed by atoms with E-state index in [-0.39, 0.29) is 31.1 Å². The molecule has 0 aliphatic rings. The lowest BCUT2D eigenvalue weighted by Crippen LogP contribution is -2.30. The summed E-state index contributed by atoms with van der Waals surface area (Å²) >= 11 is 0. The monoisotopic (exact) mass is 907 g/mol. The number of carbonyl (C=O) groups is 3. The molecule has 65 heavy (non-hydrogen) atoms. The largest absolute Gasteiger partial charge is 0.462 e. The van der Waals surface area contributed by atoms with Crippen molar-refractivity contribution in [1.82, 2.24) is 0 Å². The first-order valence-corrected chi connectivity index (χ1v) is 27.4. The molecule has 1 unspecified atom stereocenters. The van der Waals surface area contributed by atoms with Crippen LogP contribution in [0.2, 0.25) is 0 Å². The van der Waals surface area contributed by atoms with Crippen molar-refractivity contribution in [3.05, 3.63) is 72.9 Å². The topological polar surface area (TPSA) is 78.9 Å². The van der Waals surface area contributed by atoms with Gasteiger partial charge in [0, 0.05) is 19.3 Å². The molecule has 0 amide bonds. The molecule has 1 atom stereocenters. The van der Waals surface area contributed by atoms with Crippen LogP contribution in [0.1, 0.15) is 265 Å². The average Bonchev–Trinajstić information content (AvgIpc) is 3.30. The van der Waals surface area contributed by atoms with Crippen molar-refractivity contribution in [3.8, 4) is 0 Å². The van der Waals surface area contributed by atoms with Crippen molar-refractivity contribution in [1.29, 1.82) is 0 Å². The van der Waals surface area contributed by atoms with Gasteiger partial charge in [-0.2, -0.15) is 0 Å². The summed E-state index contributed by atoms with van der Waals surface area (Å²) in [6.45, 7) is 6.40. The fourth-order valence-electron chi connectivity index (χ4n) is 7.61. The Labute approximate surface area is 402 Å². The number of ether oxygens (including phenoxy) is 3. The molecule has 0 N–H and O–H groups in total. The van der Waals surface area contributed by atoms with Gasteiger partial charge in [0.1, 0.15) is 13.2 Å². The Morgan fingerprint density at radius 3 is 0.954 bits per heavy atom. The third-order valence-corrected chi connectivity index (χ3v) is 11.7. The van der Waals surface area contributed by atoms with E-state index in [9.17, 15) is 14.4 Å². The smallest absolute Gasteiger partial charge is 0.306 e. The van der Waals surface area contributed by atoms with Gasteiger partial charge in [0.25, 0.3) is 0 Å². The highest BCUT2D eigenvalue weighted by Crippen LogP contribution is 2.15. The molecule has 0 aromatic rings. The van der Waals surface area contributed by atoms with Gasteiger partial charge >= 0.3 is 17.9 Å². The molecule has 0 aromatic carbocycles. The van der Waals surface area contributed by atoms with Crippen LogP contribution in [-0.2, 0) is 28.6 Å². The van der Waals surface area contributed by atoms with Crippen molar-refractivity contribution in [2.45, 2.75) is 271 Å². The van der Waals surface area contributed by atoms with Gasteiger partial charge in [0.2, 0.25) is 0 Å². The molecule has 0 heterocycles. The SMILES string of the molecule is CC/C=C\C/C=C\C/C=C\CCCCCCC(=O)OC(COC(=O)CCCCCCCCC/C=C\C/C=C\CC)COC(=O)CCCCCCCCC/C=C\CCCCCCCCCC. The van der Waals surface area contributed by atoms with Crippen molar-refractivity contribution in [3.63, 3.8) is 0 Å². The Kier molecular flexibility index (Phi) is 50.9. The second-order valence-corrected chi connectivity index (χ2v) is 18.1. The second kappa shape index (κ2) is 53.5. The maximum atomic E-state index is 12.8. The molecule has 374 valence electrons. The molecule has 0 bridgehead atoms. The summed E-state index contributed by atoms with van der Waals surface area (Å²) in [6.07, 6.45) is 67.5. The Morgan fingerprint density at radius 2 is 0.600 bits per heavy atom. The van der Waals surface area contributed by atoms with Crippen LogP contribution < -0.4 is 0 Å². The Hall–Kier alpha value is -3.15. The molecular weight excluding hydrogens is 805 g/mol. The van der Waals surface area contributed by atoms with Crippen LogP contribution in [0.4, 0.5) is 0 Å². The van der Waals surface area contributed by atoms with Crippen LogP contribution in [0, 0.1) is 0 Å². The lowest BCUT2D eigenvalue weighted by molar-refractivity contribution is -0.167. The van der Waals surface area contributed by atoms with E-state index in [1.165, 1.54) is 116 Å². The molecule has 0 aromatic heterocycles. The van der Waals surface area contributed by atoms with Gasteiger partial charge in [-0.3, -0.25) is 14.4 Å². The molecule has 6 heteroatoms. The maximum absolute atomic E-state index is 12.8. The third-order valence-electron chi connectivity index (χ3n) is 11.7. The molecule has 0 saturated heterocycles. The van der Waals surface area contributed by atoms with Crippen LogP contribution in [0.3, 0.4) is 0 Å². The number of carbonyl (C=O) groups excluding carboxylic acids is 3. The molecule has 0 rings (SSSR count). The van der Waals surface area contributed by atoms with E-state index in [1.807, 2.05) is 0 Å². The van der Waals surface area contributed by atoms with E-state index in [1.54, 1.807) is 0 Å². The lowest BCUT2D eigenvalue weighted by Gasteiger charge is -2.18. The number of rotatable bonds is 49. The van der Waals surface area contributed by atoms with Gasteiger partial charge in [0.15, 0.2) is 6.10 Å². The fourth-order valence-corrected chi connectivity index (χ4v) is 7.61. The summed E-state index contributed by atoms with van der Waals surface area (Å²) in [5.74, 6) is -0.920. The van der Waals surface area contributed by atoms with E-state index in [0.29, 0.717) is 19.3 Å². The molecule has 0 spiro atoms. The molecule has 6 nitrogen and oxygen atoms in total. The van der Waals surface area contributed by atoms with Crippen molar-refractivity contribution in [2.75, 3.05) is 13.2 Å². The minimum Gasteiger partial charge on any atom is -0.462 e. The zero-order valence-electron chi connectivity index (χ0n) is 42.7. The maximum Gasteiger partial charge on any atom is 0.306 e. The standard InChI is InChI=1S/C59H102O6/c1-4-7-10-13-16-19-22-25-28-29-30-31-32-35-37-40-43-46-49-52-58(61)64-55-56(65-59(62)53-50-47-44-41-38-34-27-24-21-18-15-12-9-6-3)54-63-57(60)51-48-45-42-39-36-33-26-23-20-17-14-11-8-5-2/h8-9,11-12,17-18,20-21,27,29-30,34,56H,4-7,10,13-16,19,22-26,28,31-33,35-55H2,1-3H3/b11-8-,12-9-,20-17-,21-18-,30-29-,34-27-. The predicted octanol–water partition coefficient (Wildman–Crippen LogP) is 18.2. The van der Waals surface area contributed by atoms with Crippen LogP contribution in [-0.4, -0.2) is 37.2 Å². The zero-order valence-corrected chi connectivity index (χ0v) is 42.7. The Bertz CT molecular complexity index is 1230. The average molecular weight is 907 g/mol. The molecule has 0 radical (unpaired) electrons. The Balaban J connectivity index is 4.39. The number of hydrogen-bond donors (Lipinski definition) is 0. The zero-order chi connectivity index (χ0) is 47.2. The van der Waals surface area contributed by atoms with E-state index in [2.05, 4.69) is 93.7 Å². The van der Waals surface area contributed by atoms with E-state index >= 15 is 0 Å². The van der Waals surface area contributed by atoms with Crippen molar-refractivity contribution >= 4 is 17.9 Å². The Morgan fingerprint density at radius 1 is 0.323 bits per heavy atom. The summed E-state index contributed by atoms with van der Waals surface area (Å²) < 4.78 is 16.8. The van der Waals surface area contributed by atoms with Crippen LogP contribution in [0.5, 0.6) is 0 Å². The minimum absolute atomic E-state index is 0.0892. The van der Waals surface area contributed by atoms with Crippen LogP contribution in [0.25, 0.3) is 0 Å². The molecule has 0 aliphatic carbocycles. The van der Waals surface area contributed by atoms with Crippen LogP contribution >= 0.6 is 0 Å². The van der Waals surface area contributed by atoms with Gasteiger partial charge in [-0.15, -0.1) is 0 Å². The highest BCUT2D eigenvalue weighted by Gasteiger charge is 2.19. The fraction of sp³-hybridized carbons (Fsp3) is 0.746. The van der Waals surface area contributed by atoms with E-state index < -0.39 is 6.10 Å². The van der Waals surface area contributed by atoms with Gasteiger partial charge in [-0.1, -0.05) is 216 Å². The van der Waals surface area contributed by atoms with E-state index in [0.717, 1.165) is 109 Å². The number of unbranched alkanes of at least 4 members (excludes halogenated alkanes) is 26. The van der Waals surface area contributed by atoms with E-state index in [4.69, 9.17) is 14.2 Å². The molecular formula is C59H102O6. The molecule has 0 aliphatic heterocycles. The van der Waals surface area contributed by atoms with Gasteiger partial charge in [0.05, 0.1) is 0 Å². The highest BCUT2D eigenvalue weighted by molar-refractivity contribution is 5.71. The predicted molar refractivity (Wildman–Crippen MR) is 279 cm³/mol. The molecule has 0 fully saturated rings. The summed E-state index contributed by atoms with van der Waals surface area (Å²) in [7, 11) is 0. The molecule has 0 saturated carbocycles.